The smallest absolute Gasteiger partial charge is 0.308 e. The van der Waals surface area contributed by atoms with Gasteiger partial charge in [0, 0.05) is 23.9 Å². The number of fused-ring (bicyclic) bond motifs is 1. The molecule has 0 saturated carbocycles. The van der Waals surface area contributed by atoms with E-state index in [4.69, 9.17) is 9.57 Å². The van der Waals surface area contributed by atoms with Gasteiger partial charge >= 0.3 is 11.9 Å². The van der Waals surface area contributed by atoms with Crippen molar-refractivity contribution in [3.05, 3.63) is 42.2 Å². The number of amides is 1. The third kappa shape index (κ3) is 5.64. The summed E-state index contributed by atoms with van der Waals surface area (Å²) in [6.07, 6.45) is 1.06. The molecule has 0 unspecified atom stereocenters. The number of Topliss-reactive ketones (excluding diaryl/α,β-unsaturated/α-hetero) is 1. The predicted octanol–water partition coefficient (Wildman–Crippen LogP) is 2.48. The molecule has 35 heavy (non-hydrogen) atoms. The van der Waals surface area contributed by atoms with Gasteiger partial charge < -0.3 is 20.0 Å². The number of carbonyl (C=O) groups excluding carboxylic acids is 3. The third-order valence-corrected chi connectivity index (χ3v) is 5.91. The number of aliphatic carboxylic acids is 1. The van der Waals surface area contributed by atoms with Gasteiger partial charge in [-0.1, -0.05) is 57.1 Å². The summed E-state index contributed by atoms with van der Waals surface area (Å²) in [7, 11) is 0. The van der Waals surface area contributed by atoms with Crippen LogP contribution in [0.25, 0.3) is 10.8 Å². The van der Waals surface area contributed by atoms with Crippen LogP contribution in [0.1, 0.15) is 46.2 Å². The Morgan fingerprint density at radius 2 is 1.86 bits per heavy atom. The van der Waals surface area contributed by atoms with Crippen molar-refractivity contribution in [3.63, 3.8) is 0 Å². The fraction of sp³-hybridized carbons (Fsp3) is 0.440. The van der Waals surface area contributed by atoms with E-state index in [1.807, 2.05) is 30.3 Å². The zero-order valence-electron chi connectivity index (χ0n) is 20.1. The summed E-state index contributed by atoms with van der Waals surface area (Å²) >= 11 is 0. The number of oxime groups is 1. The molecule has 0 bridgehead atoms. The highest BCUT2D eigenvalue weighted by Gasteiger charge is 2.51. The van der Waals surface area contributed by atoms with Gasteiger partial charge in [-0.05, 0) is 11.5 Å². The molecule has 1 aliphatic rings. The van der Waals surface area contributed by atoms with E-state index in [0.717, 1.165) is 10.8 Å². The first-order valence-corrected chi connectivity index (χ1v) is 11.4. The summed E-state index contributed by atoms with van der Waals surface area (Å²) in [6.45, 7) is 6.11. The minimum Gasteiger partial charge on any atom is -0.481 e. The number of nitrogens with zero attached hydrogens (tertiary/aromatic N) is 2. The van der Waals surface area contributed by atoms with Crippen LogP contribution in [0.5, 0.6) is 0 Å². The summed E-state index contributed by atoms with van der Waals surface area (Å²) in [4.78, 5) is 59.2. The molecule has 0 radical (unpaired) electrons. The van der Waals surface area contributed by atoms with Gasteiger partial charge in [0.1, 0.15) is 11.8 Å². The number of carboxylic acids is 1. The number of aromatic nitrogens is 1. The number of pyridine rings is 1. The Morgan fingerprint density at radius 3 is 2.51 bits per heavy atom. The Balaban J connectivity index is 1.81. The standard InChI is InChI=1S/C25H29N3O7/c1-14(2)23(32)34-13-20(29)18(11-21(30)31)27-24(33)25(15(3)4)12-19(28-35-25)22-17-8-6-5-7-16(17)9-10-26-22/h5-10,14-15,18H,11-13H2,1-4H3,(H,27,33)(H,30,31)/t18-,25+/m0/s1. The average molecular weight is 484 g/mol. The van der Waals surface area contributed by atoms with Gasteiger partial charge in [0.25, 0.3) is 5.91 Å². The lowest BCUT2D eigenvalue weighted by Crippen LogP contribution is -2.56. The van der Waals surface area contributed by atoms with E-state index in [2.05, 4.69) is 15.5 Å². The van der Waals surface area contributed by atoms with E-state index in [9.17, 15) is 24.3 Å². The van der Waals surface area contributed by atoms with Crippen molar-refractivity contribution in [1.29, 1.82) is 0 Å². The first-order valence-electron chi connectivity index (χ1n) is 11.4. The molecule has 0 fully saturated rings. The molecule has 1 aromatic heterocycles. The number of carbonyl (C=O) groups is 4. The van der Waals surface area contributed by atoms with E-state index in [-0.39, 0.29) is 12.3 Å². The quantitative estimate of drug-likeness (QED) is 0.491. The van der Waals surface area contributed by atoms with Gasteiger partial charge in [0.15, 0.2) is 12.4 Å². The molecular weight excluding hydrogens is 454 g/mol. The Kier molecular flexibility index (Phi) is 7.83. The van der Waals surface area contributed by atoms with Crippen LogP contribution in [-0.2, 0) is 28.8 Å². The van der Waals surface area contributed by atoms with Crippen molar-refractivity contribution in [2.45, 2.75) is 52.2 Å². The normalized spacial score (nSPS) is 18.2. The molecule has 10 heteroatoms. The number of rotatable bonds is 10. The van der Waals surface area contributed by atoms with E-state index in [1.54, 1.807) is 33.9 Å². The number of ketones is 1. The maximum Gasteiger partial charge on any atom is 0.308 e. The van der Waals surface area contributed by atoms with Gasteiger partial charge in [-0.25, -0.2) is 0 Å². The van der Waals surface area contributed by atoms with Crippen LogP contribution in [0.4, 0.5) is 0 Å². The molecule has 0 saturated heterocycles. The highest BCUT2D eigenvalue weighted by molar-refractivity contribution is 6.12. The highest BCUT2D eigenvalue weighted by atomic mass is 16.7. The molecule has 186 valence electrons. The summed E-state index contributed by atoms with van der Waals surface area (Å²) in [6, 6.07) is 8.08. The lowest BCUT2D eigenvalue weighted by molar-refractivity contribution is -0.155. The second kappa shape index (κ2) is 10.6. The van der Waals surface area contributed by atoms with Crippen LogP contribution in [0.2, 0.25) is 0 Å². The van der Waals surface area contributed by atoms with Gasteiger partial charge in [0.2, 0.25) is 5.60 Å². The van der Waals surface area contributed by atoms with Crippen molar-refractivity contribution >= 4 is 40.1 Å². The minimum absolute atomic E-state index is 0.0772. The topological polar surface area (TPSA) is 144 Å². The molecule has 3 rings (SSSR count). The largest absolute Gasteiger partial charge is 0.481 e. The van der Waals surface area contributed by atoms with Crippen LogP contribution in [0.15, 0.2) is 41.7 Å². The number of esters is 1. The van der Waals surface area contributed by atoms with E-state index >= 15 is 0 Å². The molecule has 1 amide bonds. The monoisotopic (exact) mass is 483 g/mol. The van der Waals surface area contributed by atoms with Crippen molar-refractivity contribution < 1.29 is 33.9 Å². The Labute approximate surface area is 202 Å². The number of hydrogen-bond acceptors (Lipinski definition) is 8. The second-order valence-electron chi connectivity index (χ2n) is 9.08. The van der Waals surface area contributed by atoms with Crippen molar-refractivity contribution in [2.75, 3.05) is 6.61 Å². The van der Waals surface area contributed by atoms with Gasteiger partial charge in [0.05, 0.1) is 18.0 Å². The number of benzene rings is 1. The van der Waals surface area contributed by atoms with Gasteiger partial charge in [-0.2, -0.15) is 0 Å². The first kappa shape index (κ1) is 25.8. The number of carboxylic acid groups (broad SMARTS) is 1. The van der Waals surface area contributed by atoms with Crippen molar-refractivity contribution in [1.82, 2.24) is 10.3 Å². The molecule has 0 aliphatic carbocycles. The zero-order chi connectivity index (χ0) is 25.8. The van der Waals surface area contributed by atoms with Crippen LogP contribution in [-0.4, -0.2) is 57.7 Å². The molecule has 1 aliphatic heterocycles. The SMILES string of the molecule is CC(C)C(=O)OCC(=O)[C@H](CC(=O)O)NC(=O)[C@]1(C(C)C)CC(c2nccc3ccccc23)=NO1. The average Bonchev–Trinajstić information content (AvgIpc) is 3.28. The second-order valence-corrected chi connectivity index (χ2v) is 9.08. The summed E-state index contributed by atoms with van der Waals surface area (Å²) in [5.41, 5.74) is -0.422. The zero-order valence-corrected chi connectivity index (χ0v) is 20.1. The molecule has 10 nitrogen and oxygen atoms in total. The van der Waals surface area contributed by atoms with E-state index in [1.165, 1.54) is 0 Å². The maximum atomic E-state index is 13.4. The van der Waals surface area contributed by atoms with Crippen LogP contribution >= 0.6 is 0 Å². The lowest BCUT2D eigenvalue weighted by Gasteiger charge is -2.30. The van der Waals surface area contributed by atoms with Crippen molar-refractivity contribution in [3.8, 4) is 0 Å². The van der Waals surface area contributed by atoms with Crippen LogP contribution in [0, 0.1) is 11.8 Å². The van der Waals surface area contributed by atoms with Gasteiger partial charge in [-0.15, -0.1) is 0 Å². The predicted molar refractivity (Wildman–Crippen MR) is 127 cm³/mol. The van der Waals surface area contributed by atoms with E-state index in [0.29, 0.717) is 11.4 Å². The minimum atomic E-state index is -1.47. The fourth-order valence-electron chi connectivity index (χ4n) is 3.73. The third-order valence-electron chi connectivity index (χ3n) is 5.91. The molecule has 0 spiro atoms. The Hall–Kier alpha value is -3.82. The van der Waals surface area contributed by atoms with Crippen molar-refractivity contribution in [2.24, 2.45) is 17.0 Å². The first-order chi connectivity index (χ1) is 16.5. The molecule has 2 atom stereocenters. The number of nitrogens with one attached hydrogen (secondary N) is 1. The molecule has 2 aromatic rings. The lowest BCUT2D eigenvalue weighted by atomic mass is 9.83. The molecule has 2 N–H and O–H groups in total. The van der Waals surface area contributed by atoms with E-state index < -0.39 is 54.2 Å². The molecule has 2 heterocycles. The summed E-state index contributed by atoms with van der Waals surface area (Å²) in [5, 5.41) is 17.7. The summed E-state index contributed by atoms with van der Waals surface area (Å²) < 4.78 is 4.93. The maximum absolute atomic E-state index is 13.4. The van der Waals surface area contributed by atoms with Crippen LogP contribution in [0.3, 0.4) is 0 Å². The molecular formula is C25H29N3O7. The number of ether oxygens (including phenoxy) is 1. The van der Waals surface area contributed by atoms with Crippen LogP contribution < -0.4 is 5.32 Å². The summed E-state index contributed by atoms with van der Waals surface area (Å²) in [5.74, 6) is -4.13. The highest BCUT2D eigenvalue weighted by Crippen LogP contribution is 2.35. The molecule has 1 aromatic carbocycles. The Bertz CT molecular complexity index is 1170. The fourth-order valence-corrected chi connectivity index (χ4v) is 3.73. The Morgan fingerprint density at radius 1 is 1.14 bits per heavy atom. The van der Waals surface area contributed by atoms with Gasteiger partial charge in [-0.3, -0.25) is 24.2 Å². The number of hydrogen-bond donors (Lipinski definition) is 2.